The van der Waals surface area contributed by atoms with Crippen molar-refractivity contribution in [1.82, 2.24) is 5.32 Å². The molecule has 1 fully saturated rings. The van der Waals surface area contributed by atoms with E-state index in [1.165, 1.54) is 19.3 Å². The minimum atomic E-state index is -0.735. The number of benzene rings is 1. The Hall–Kier alpha value is -2.57. The molecule has 0 aromatic heterocycles. The maximum atomic E-state index is 13.8. The first-order valence-electron chi connectivity index (χ1n) is 16.9. The van der Waals surface area contributed by atoms with Crippen LogP contribution < -0.4 is 14.8 Å². The van der Waals surface area contributed by atoms with Crippen molar-refractivity contribution < 1.29 is 28.6 Å². The molecular weight excluding hydrogens is 554 g/mol. The minimum absolute atomic E-state index is 0.0402. The Morgan fingerprint density at radius 2 is 1.66 bits per heavy atom. The Morgan fingerprint density at radius 1 is 0.977 bits per heavy atom. The average Bonchev–Trinajstić information content (AvgIpc) is 2.89. The first kappa shape index (κ1) is 35.9. The molecule has 3 rings (SSSR count). The Balaban J connectivity index is 1.83. The number of unbranched alkanes of at least 4 members (excludes halogenated alkanes) is 4. The van der Waals surface area contributed by atoms with Crippen molar-refractivity contribution in [1.29, 1.82) is 0 Å². The monoisotopic (exact) mass is 613 g/mol. The van der Waals surface area contributed by atoms with Gasteiger partial charge in [0.1, 0.15) is 28.5 Å². The Morgan fingerprint density at radius 3 is 2.32 bits per heavy atom. The van der Waals surface area contributed by atoms with Gasteiger partial charge in [-0.3, -0.25) is 9.59 Å². The topological polar surface area (TPSA) is 90.9 Å². The van der Waals surface area contributed by atoms with E-state index < -0.39 is 22.7 Å². The number of Topliss-reactive ketones (excluding diaryl/α,β-unsaturated/α-hetero) is 1. The van der Waals surface area contributed by atoms with Gasteiger partial charge in [-0.05, 0) is 97.3 Å². The van der Waals surface area contributed by atoms with Crippen molar-refractivity contribution >= 4 is 17.8 Å². The molecule has 2 unspecified atom stereocenters. The maximum Gasteiger partial charge on any atom is 0.407 e. The summed E-state index contributed by atoms with van der Waals surface area (Å²) >= 11 is 0. The number of amides is 1. The number of esters is 1. The van der Waals surface area contributed by atoms with Gasteiger partial charge in [-0.15, -0.1) is 0 Å². The van der Waals surface area contributed by atoms with Crippen molar-refractivity contribution in [3.05, 3.63) is 23.3 Å². The molecule has 0 saturated heterocycles. The summed E-state index contributed by atoms with van der Waals surface area (Å²) in [5.41, 5.74) is 0.143. The van der Waals surface area contributed by atoms with Crippen LogP contribution in [0.2, 0.25) is 0 Å². The lowest BCUT2D eigenvalue weighted by Gasteiger charge is -2.47. The smallest absolute Gasteiger partial charge is 0.407 e. The van der Waals surface area contributed by atoms with Crippen molar-refractivity contribution in [3.63, 3.8) is 0 Å². The predicted octanol–water partition coefficient (Wildman–Crippen LogP) is 9.19. The molecule has 1 amide bonds. The highest BCUT2D eigenvalue weighted by Gasteiger charge is 2.48. The average molecular weight is 614 g/mol. The molecule has 2 aliphatic rings. The quantitative estimate of drug-likeness (QED) is 0.135. The van der Waals surface area contributed by atoms with E-state index in [-0.39, 0.29) is 29.0 Å². The lowest BCUT2D eigenvalue weighted by molar-refractivity contribution is -0.144. The van der Waals surface area contributed by atoms with Crippen LogP contribution in [-0.4, -0.2) is 35.6 Å². The molecule has 248 valence electrons. The molecular formula is C37H59NO6. The molecule has 44 heavy (non-hydrogen) atoms. The van der Waals surface area contributed by atoms with Gasteiger partial charge in [0.2, 0.25) is 0 Å². The van der Waals surface area contributed by atoms with Crippen molar-refractivity contribution in [2.75, 3.05) is 6.54 Å². The molecule has 2 atom stereocenters. The van der Waals surface area contributed by atoms with Crippen LogP contribution in [0.5, 0.6) is 11.5 Å². The van der Waals surface area contributed by atoms with E-state index in [1.54, 1.807) is 0 Å². The maximum absolute atomic E-state index is 13.8. The summed E-state index contributed by atoms with van der Waals surface area (Å²) in [4.78, 5) is 38.5. The zero-order valence-corrected chi connectivity index (χ0v) is 29.2. The van der Waals surface area contributed by atoms with E-state index in [9.17, 15) is 14.4 Å². The molecule has 1 saturated carbocycles. The van der Waals surface area contributed by atoms with Gasteiger partial charge in [-0.25, -0.2) is 4.79 Å². The minimum Gasteiger partial charge on any atom is -0.487 e. The van der Waals surface area contributed by atoms with E-state index in [0.717, 1.165) is 49.0 Å². The molecule has 1 aliphatic heterocycles. The number of hydrogen-bond acceptors (Lipinski definition) is 6. The normalized spacial score (nSPS) is 19.8. The summed E-state index contributed by atoms with van der Waals surface area (Å²) in [7, 11) is 0. The van der Waals surface area contributed by atoms with Crippen LogP contribution in [-0.2, 0) is 19.7 Å². The largest absolute Gasteiger partial charge is 0.487 e. The number of carbonyl (C=O) groups excluding carboxylic acids is 3. The van der Waals surface area contributed by atoms with Crippen LogP contribution in [0.1, 0.15) is 157 Å². The second kappa shape index (κ2) is 14.2. The van der Waals surface area contributed by atoms with Crippen LogP contribution in [0.25, 0.3) is 0 Å². The van der Waals surface area contributed by atoms with Crippen LogP contribution in [0.4, 0.5) is 4.79 Å². The summed E-state index contributed by atoms with van der Waals surface area (Å²) in [5.74, 6) is 1.39. The molecule has 0 bridgehead atoms. The number of alkyl carbamates (subject to hydrolysis) is 1. The Kier molecular flexibility index (Phi) is 11.6. The Bertz CT molecular complexity index is 1180. The van der Waals surface area contributed by atoms with Gasteiger partial charge in [-0.1, -0.05) is 52.9 Å². The summed E-state index contributed by atoms with van der Waals surface area (Å²) in [6.45, 7) is 20.8. The second-order valence-electron chi connectivity index (χ2n) is 15.9. The third-order valence-electron chi connectivity index (χ3n) is 9.50. The number of carbonyl (C=O) groups is 3. The van der Waals surface area contributed by atoms with E-state index in [1.807, 2.05) is 34.6 Å². The lowest BCUT2D eigenvalue weighted by Crippen LogP contribution is -2.47. The zero-order chi connectivity index (χ0) is 32.9. The van der Waals surface area contributed by atoms with E-state index in [0.29, 0.717) is 31.6 Å². The van der Waals surface area contributed by atoms with Crippen LogP contribution >= 0.6 is 0 Å². The van der Waals surface area contributed by atoms with Gasteiger partial charge < -0.3 is 19.5 Å². The number of hydrogen-bond donors (Lipinski definition) is 1. The standard InChI is InChI=1S/C37H59NO6/c1-11-12-13-14-19-35(5,6)25-22-29(31-27-24-26(39)17-18-28(27)37(9,10)43-30(31)23-25)42-32(40)36(7,8)20-15-16-21-38-33(41)44-34(2,3)4/h22-23,27-28H,11-21,24H2,1-10H3,(H,38,41). The van der Waals surface area contributed by atoms with Gasteiger partial charge >= 0.3 is 12.1 Å². The van der Waals surface area contributed by atoms with Crippen molar-refractivity contribution in [3.8, 4) is 11.5 Å². The number of nitrogens with one attached hydrogen (secondary N) is 1. The fraction of sp³-hybridized carbons (Fsp3) is 0.757. The Labute approximate surface area is 266 Å². The zero-order valence-electron chi connectivity index (χ0n) is 29.2. The first-order chi connectivity index (χ1) is 20.4. The summed E-state index contributed by atoms with van der Waals surface area (Å²) in [5, 5.41) is 2.79. The summed E-state index contributed by atoms with van der Waals surface area (Å²) in [6.07, 6.45) is 9.22. The van der Waals surface area contributed by atoms with E-state index in [2.05, 4.69) is 52.1 Å². The SMILES string of the molecule is CCCCCCC(C)(C)c1cc(OC(=O)C(C)(C)CCCCNC(=O)OC(C)(C)C)c2c(c1)OC(C)(C)C1CCC(=O)CC21. The second-order valence-corrected chi connectivity index (χ2v) is 15.9. The molecule has 7 nitrogen and oxygen atoms in total. The van der Waals surface area contributed by atoms with E-state index in [4.69, 9.17) is 14.2 Å². The number of ether oxygens (including phenoxy) is 3. The fourth-order valence-corrected chi connectivity index (χ4v) is 6.70. The van der Waals surface area contributed by atoms with Gasteiger partial charge in [0.15, 0.2) is 0 Å². The molecule has 0 radical (unpaired) electrons. The van der Waals surface area contributed by atoms with Crippen molar-refractivity contribution in [2.24, 2.45) is 11.3 Å². The highest BCUT2D eigenvalue weighted by Crippen LogP contribution is 2.55. The molecule has 7 heteroatoms. The molecule has 1 N–H and O–H groups in total. The highest BCUT2D eigenvalue weighted by atomic mass is 16.6. The fourth-order valence-electron chi connectivity index (χ4n) is 6.70. The summed E-state index contributed by atoms with van der Waals surface area (Å²) < 4.78 is 18.3. The third-order valence-corrected chi connectivity index (χ3v) is 9.50. The predicted molar refractivity (Wildman–Crippen MR) is 176 cm³/mol. The third kappa shape index (κ3) is 9.47. The van der Waals surface area contributed by atoms with Crippen LogP contribution in [0.3, 0.4) is 0 Å². The van der Waals surface area contributed by atoms with Gasteiger partial charge in [0.05, 0.1) is 5.41 Å². The van der Waals surface area contributed by atoms with E-state index >= 15 is 0 Å². The number of rotatable bonds is 13. The lowest BCUT2D eigenvalue weighted by atomic mass is 9.66. The molecule has 1 aliphatic carbocycles. The van der Waals surface area contributed by atoms with Gasteiger partial charge in [0.25, 0.3) is 0 Å². The molecule has 1 heterocycles. The van der Waals surface area contributed by atoms with Crippen molar-refractivity contribution in [2.45, 2.75) is 162 Å². The summed E-state index contributed by atoms with van der Waals surface area (Å²) in [6, 6.07) is 4.20. The van der Waals surface area contributed by atoms with Gasteiger partial charge in [-0.2, -0.15) is 0 Å². The van der Waals surface area contributed by atoms with Crippen LogP contribution in [0.15, 0.2) is 12.1 Å². The van der Waals surface area contributed by atoms with Crippen LogP contribution in [0, 0.1) is 11.3 Å². The molecule has 1 aromatic rings. The van der Waals surface area contributed by atoms with Gasteiger partial charge in [0, 0.05) is 36.8 Å². The highest BCUT2D eigenvalue weighted by molar-refractivity contribution is 5.82. The number of fused-ring (bicyclic) bond motifs is 3. The molecule has 0 spiro atoms. The number of ketones is 1. The first-order valence-corrected chi connectivity index (χ1v) is 16.9. The molecule has 1 aromatic carbocycles.